The van der Waals surface area contributed by atoms with E-state index in [1.54, 1.807) is 0 Å². The van der Waals surface area contributed by atoms with Gasteiger partial charge in [-0.1, -0.05) is 6.07 Å². The van der Waals surface area contributed by atoms with Crippen molar-refractivity contribution >= 4 is 17.6 Å². The number of aliphatic hydroxyl groups is 1. The standard InChI is InChI=1S/C11H12N2O7/c1-20-9-6(3-2-4-8(9)13(18)19)10(15)12-7(5-14)11(16)17/h2-4,7,14H,5H2,1H3,(H,12,15)(H,16,17). The quantitative estimate of drug-likeness (QED) is 0.484. The molecule has 0 aromatic heterocycles. The van der Waals surface area contributed by atoms with Crippen molar-refractivity contribution in [1.82, 2.24) is 5.32 Å². The lowest BCUT2D eigenvalue weighted by Crippen LogP contribution is -2.43. The zero-order chi connectivity index (χ0) is 15.3. The Hall–Kier alpha value is -2.68. The summed E-state index contributed by atoms with van der Waals surface area (Å²) in [6.07, 6.45) is 0. The maximum absolute atomic E-state index is 11.9. The molecule has 20 heavy (non-hydrogen) atoms. The fourth-order valence-electron chi connectivity index (χ4n) is 1.48. The van der Waals surface area contributed by atoms with Gasteiger partial charge in [-0.05, 0) is 6.07 Å². The van der Waals surface area contributed by atoms with E-state index in [0.717, 1.165) is 13.2 Å². The van der Waals surface area contributed by atoms with E-state index in [9.17, 15) is 19.7 Å². The van der Waals surface area contributed by atoms with Crippen LogP contribution in [0.4, 0.5) is 5.69 Å². The van der Waals surface area contributed by atoms with E-state index in [4.69, 9.17) is 14.9 Å². The van der Waals surface area contributed by atoms with Gasteiger partial charge in [0.15, 0.2) is 6.04 Å². The average Bonchev–Trinajstić information content (AvgIpc) is 2.42. The van der Waals surface area contributed by atoms with Crippen LogP contribution >= 0.6 is 0 Å². The molecule has 1 amide bonds. The first-order valence-corrected chi connectivity index (χ1v) is 5.38. The lowest BCUT2D eigenvalue weighted by Gasteiger charge is -2.13. The molecule has 1 aromatic rings. The predicted octanol–water partition coefficient (Wildman–Crippen LogP) is -0.221. The molecule has 0 saturated carbocycles. The van der Waals surface area contributed by atoms with Gasteiger partial charge in [0.2, 0.25) is 5.75 Å². The van der Waals surface area contributed by atoms with Gasteiger partial charge in [-0.3, -0.25) is 14.9 Å². The van der Waals surface area contributed by atoms with E-state index >= 15 is 0 Å². The number of benzene rings is 1. The summed E-state index contributed by atoms with van der Waals surface area (Å²) >= 11 is 0. The number of aliphatic carboxylic acids is 1. The Bertz CT molecular complexity index is 544. The first-order chi connectivity index (χ1) is 9.42. The molecule has 0 heterocycles. The number of hydrogen-bond donors (Lipinski definition) is 3. The second kappa shape index (κ2) is 6.48. The van der Waals surface area contributed by atoms with Crippen molar-refractivity contribution in [3.05, 3.63) is 33.9 Å². The summed E-state index contributed by atoms with van der Waals surface area (Å²) in [7, 11) is 1.15. The molecule has 1 atom stereocenters. The molecule has 0 spiro atoms. The maximum Gasteiger partial charge on any atom is 0.328 e. The first-order valence-electron chi connectivity index (χ1n) is 5.38. The number of carbonyl (C=O) groups is 2. The molecule has 0 bridgehead atoms. The number of carbonyl (C=O) groups excluding carboxylic acids is 1. The fourth-order valence-corrected chi connectivity index (χ4v) is 1.48. The van der Waals surface area contributed by atoms with Crippen LogP contribution < -0.4 is 10.1 Å². The van der Waals surface area contributed by atoms with Crippen LogP contribution in [0.3, 0.4) is 0 Å². The fraction of sp³-hybridized carbons (Fsp3) is 0.273. The summed E-state index contributed by atoms with van der Waals surface area (Å²) in [5.74, 6) is -2.60. The van der Waals surface area contributed by atoms with Crippen molar-refractivity contribution in [2.45, 2.75) is 6.04 Å². The summed E-state index contributed by atoms with van der Waals surface area (Å²) in [6, 6.07) is 2.16. The Morgan fingerprint density at radius 1 is 1.50 bits per heavy atom. The third kappa shape index (κ3) is 3.20. The third-order valence-electron chi connectivity index (χ3n) is 2.43. The molecule has 1 rings (SSSR count). The normalized spacial score (nSPS) is 11.5. The molecule has 9 nitrogen and oxygen atoms in total. The number of carboxylic acid groups (broad SMARTS) is 1. The Labute approximate surface area is 112 Å². The van der Waals surface area contributed by atoms with Crippen LogP contribution in [0.15, 0.2) is 18.2 Å². The van der Waals surface area contributed by atoms with Crippen LogP contribution in [0, 0.1) is 10.1 Å². The smallest absolute Gasteiger partial charge is 0.328 e. The summed E-state index contributed by atoms with van der Waals surface area (Å²) < 4.78 is 4.82. The number of methoxy groups -OCH3 is 1. The molecule has 0 aliphatic heterocycles. The van der Waals surface area contributed by atoms with Crippen LogP contribution in [0.25, 0.3) is 0 Å². The van der Waals surface area contributed by atoms with E-state index in [2.05, 4.69) is 0 Å². The number of amides is 1. The van der Waals surface area contributed by atoms with Crippen LogP contribution in [0.2, 0.25) is 0 Å². The van der Waals surface area contributed by atoms with Crippen LogP contribution in [0.1, 0.15) is 10.4 Å². The van der Waals surface area contributed by atoms with Gasteiger partial charge in [-0.25, -0.2) is 4.79 Å². The Kier molecular flexibility index (Phi) is 4.98. The van der Waals surface area contributed by atoms with E-state index < -0.39 is 35.1 Å². The number of para-hydroxylation sites is 1. The van der Waals surface area contributed by atoms with Gasteiger partial charge < -0.3 is 20.3 Å². The van der Waals surface area contributed by atoms with Gasteiger partial charge >= 0.3 is 11.7 Å². The Morgan fingerprint density at radius 3 is 2.60 bits per heavy atom. The SMILES string of the molecule is COc1c(C(=O)NC(CO)C(=O)O)cccc1[N+](=O)[O-]. The van der Waals surface area contributed by atoms with Crippen molar-refractivity contribution < 1.29 is 29.5 Å². The third-order valence-corrected chi connectivity index (χ3v) is 2.43. The number of hydrogen-bond acceptors (Lipinski definition) is 6. The molecule has 3 N–H and O–H groups in total. The molecule has 9 heteroatoms. The zero-order valence-corrected chi connectivity index (χ0v) is 10.4. The Balaban J connectivity index is 3.13. The zero-order valence-electron chi connectivity index (χ0n) is 10.4. The molecule has 0 radical (unpaired) electrons. The van der Waals surface area contributed by atoms with E-state index in [-0.39, 0.29) is 11.3 Å². The van der Waals surface area contributed by atoms with Gasteiger partial charge in [-0.15, -0.1) is 0 Å². The highest BCUT2D eigenvalue weighted by Gasteiger charge is 2.25. The van der Waals surface area contributed by atoms with Crippen molar-refractivity contribution in [2.24, 2.45) is 0 Å². The number of nitro groups is 1. The number of carboxylic acids is 1. The number of aliphatic hydroxyl groups excluding tert-OH is 1. The highest BCUT2D eigenvalue weighted by atomic mass is 16.6. The van der Waals surface area contributed by atoms with Crippen LogP contribution in [-0.4, -0.2) is 46.8 Å². The Morgan fingerprint density at radius 2 is 2.15 bits per heavy atom. The summed E-state index contributed by atoms with van der Waals surface area (Å²) in [5, 5.41) is 30.4. The minimum Gasteiger partial charge on any atom is -0.490 e. The van der Waals surface area contributed by atoms with Gasteiger partial charge in [0.25, 0.3) is 5.91 Å². The second-order valence-electron chi connectivity index (χ2n) is 3.66. The topological polar surface area (TPSA) is 139 Å². The maximum atomic E-state index is 11.9. The molecule has 1 aromatic carbocycles. The number of nitro benzene ring substituents is 1. The summed E-state index contributed by atoms with van der Waals surface area (Å²) in [4.78, 5) is 32.7. The van der Waals surface area contributed by atoms with E-state index in [0.29, 0.717) is 0 Å². The molecule has 0 aliphatic rings. The molecule has 0 aliphatic carbocycles. The number of nitrogens with one attached hydrogen (secondary N) is 1. The van der Waals surface area contributed by atoms with Gasteiger partial charge in [-0.2, -0.15) is 0 Å². The first kappa shape index (κ1) is 15.4. The molecular weight excluding hydrogens is 272 g/mol. The number of nitrogens with zero attached hydrogens (tertiary/aromatic N) is 1. The van der Waals surface area contributed by atoms with E-state index in [1.807, 2.05) is 5.32 Å². The largest absolute Gasteiger partial charge is 0.490 e. The minimum absolute atomic E-state index is 0.193. The highest BCUT2D eigenvalue weighted by Crippen LogP contribution is 2.30. The summed E-state index contributed by atoms with van der Waals surface area (Å²) in [6.45, 7) is -0.807. The van der Waals surface area contributed by atoms with Gasteiger partial charge in [0, 0.05) is 6.07 Å². The highest BCUT2D eigenvalue weighted by molar-refractivity contribution is 6.00. The van der Waals surface area contributed by atoms with Crippen molar-refractivity contribution in [3.8, 4) is 5.75 Å². The van der Waals surface area contributed by atoms with Crippen LogP contribution in [0.5, 0.6) is 5.75 Å². The van der Waals surface area contributed by atoms with Gasteiger partial charge in [0.1, 0.15) is 0 Å². The molecular formula is C11H12N2O7. The van der Waals surface area contributed by atoms with E-state index in [1.165, 1.54) is 12.1 Å². The number of ether oxygens (including phenoxy) is 1. The van der Waals surface area contributed by atoms with Crippen molar-refractivity contribution in [2.75, 3.05) is 13.7 Å². The monoisotopic (exact) mass is 284 g/mol. The van der Waals surface area contributed by atoms with Gasteiger partial charge in [0.05, 0.1) is 24.2 Å². The molecule has 1 unspecified atom stereocenters. The second-order valence-corrected chi connectivity index (χ2v) is 3.66. The van der Waals surface area contributed by atoms with Crippen LogP contribution in [-0.2, 0) is 4.79 Å². The molecule has 0 fully saturated rings. The molecule has 108 valence electrons. The van der Waals surface area contributed by atoms with Crippen molar-refractivity contribution in [3.63, 3.8) is 0 Å². The predicted molar refractivity (Wildman–Crippen MR) is 65.6 cm³/mol. The summed E-state index contributed by atoms with van der Waals surface area (Å²) in [5.41, 5.74) is -0.613. The van der Waals surface area contributed by atoms with Crippen molar-refractivity contribution in [1.29, 1.82) is 0 Å². The minimum atomic E-state index is -1.51. The average molecular weight is 284 g/mol. The lowest BCUT2D eigenvalue weighted by molar-refractivity contribution is -0.385. The molecule has 0 saturated heterocycles. The number of rotatable bonds is 6. The lowest BCUT2D eigenvalue weighted by atomic mass is 10.1.